The first-order chi connectivity index (χ1) is 11.6. The summed E-state index contributed by atoms with van der Waals surface area (Å²) in [6.07, 6.45) is 1.99. The van der Waals surface area contributed by atoms with Crippen molar-refractivity contribution in [3.63, 3.8) is 0 Å². The van der Waals surface area contributed by atoms with Crippen LogP contribution in [0.15, 0.2) is 24.3 Å². The van der Waals surface area contributed by atoms with E-state index in [0.29, 0.717) is 18.8 Å². The van der Waals surface area contributed by atoms with E-state index in [-0.39, 0.29) is 24.3 Å². The van der Waals surface area contributed by atoms with Gasteiger partial charge in [0.2, 0.25) is 15.9 Å². The smallest absolute Gasteiger partial charge is 0.232 e. The van der Waals surface area contributed by atoms with Crippen molar-refractivity contribution in [2.24, 2.45) is 0 Å². The van der Waals surface area contributed by atoms with E-state index in [1.807, 2.05) is 12.1 Å². The lowest BCUT2D eigenvalue weighted by atomic mass is 9.87. The fourth-order valence-corrected chi connectivity index (χ4v) is 3.28. The summed E-state index contributed by atoms with van der Waals surface area (Å²) in [5, 5.41) is 2.76. The van der Waals surface area contributed by atoms with Gasteiger partial charge in [0, 0.05) is 33.2 Å². The summed E-state index contributed by atoms with van der Waals surface area (Å²) in [7, 11) is -1.85. The van der Waals surface area contributed by atoms with Gasteiger partial charge in [0.25, 0.3) is 0 Å². The molecule has 0 bridgehead atoms. The van der Waals surface area contributed by atoms with Crippen molar-refractivity contribution >= 4 is 21.6 Å². The number of carbonyl (C=O) groups is 1. The van der Waals surface area contributed by atoms with Crippen LogP contribution in [0.5, 0.6) is 0 Å². The highest BCUT2D eigenvalue weighted by Crippen LogP contribution is 2.26. The van der Waals surface area contributed by atoms with Crippen LogP contribution in [0, 0.1) is 0 Å². The van der Waals surface area contributed by atoms with Crippen molar-refractivity contribution in [3.8, 4) is 0 Å². The van der Waals surface area contributed by atoms with Crippen molar-refractivity contribution in [2.45, 2.75) is 39.0 Å². The molecular formula is C18H30N2O4S. The van der Waals surface area contributed by atoms with Crippen molar-refractivity contribution in [3.05, 3.63) is 29.8 Å². The minimum atomic E-state index is -3.46. The van der Waals surface area contributed by atoms with Crippen molar-refractivity contribution in [2.75, 3.05) is 37.4 Å². The molecule has 0 atom stereocenters. The second-order valence-electron chi connectivity index (χ2n) is 7.08. The first kappa shape index (κ1) is 21.4. The molecule has 0 radical (unpaired) electrons. The van der Waals surface area contributed by atoms with Crippen LogP contribution in [0.3, 0.4) is 0 Å². The summed E-state index contributed by atoms with van der Waals surface area (Å²) in [6.45, 7) is 7.52. The molecule has 0 saturated heterocycles. The molecule has 0 aliphatic carbocycles. The molecular weight excluding hydrogens is 340 g/mol. The average Bonchev–Trinajstić information content (AvgIpc) is 2.50. The molecule has 1 rings (SSSR count). The minimum absolute atomic E-state index is 0.00343. The molecule has 1 amide bonds. The zero-order valence-corrected chi connectivity index (χ0v) is 16.6. The topological polar surface area (TPSA) is 75.7 Å². The van der Waals surface area contributed by atoms with Crippen LogP contribution < -0.4 is 9.62 Å². The standard InChI is InChI=1S/C18H30N2O4S/c1-18(2,3)15-7-9-16(10-8-15)20(25(5,22)23)13-11-17(21)19-12-6-14-24-4/h7-10H,6,11-14H2,1-5H3,(H,19,21). The third-order valence-corrected chi connectivity index (χ3v) is 5.01. The molecule has 0 spiro atoms. The fourth-order valence-electron chi connectivity index (χ4n) is 2.35. The van der Waals surface area contributed by atoms with E-state index in [9.17, 15) is 13.2 Å². The van der Waals surface area contributed by atoms with Crippen LogP contribution in [-0.2, 0) is 25.0 Å². The SMILES string of the molecule is COCCCNC(=O)CCN(c1ccc(C(C)(C)C)cc1)S(C)(=O)=O. The number of ether oxygens (including phenoxy) is 1. The quantitative estimate of drug-likeness (QED) is 0.677. The molecule has 25 heavy (non-hydrogen) atoms. The fraction of sp³-hybridized carbons (Fsp3) is 0.611. The first-order valence-electron chi connectivity index (χ1n) is 8.39. The maximum absolute atomic E-state index is 12.1. The van der Waals surface area contributed by atoms with Gasteiger partial charge in [0.1, 0.15) is 0 Å². The number of nitrogens with zero attached hydrogens (tertiary/aromatic N) is 1. The minimum Gasteiger partial charge on any atom is -0.385 e. The number of sulfonamides is 1. The Morgan fingerprint density at radius 1 is 1.20 bits per heavy atom. The number of benzene rings is 1. The summed E-state index contributed by atoms with van der Waals surface area (Å²) in [5.74, 6) is -0.170. The lowest BCUT2D eigenvalue weighted by molar-refractivity contribution is -0.120. The lowest BCUT2D eigenvalue weighted by Crippen LogP contribution is -2.35. The number of hydrogen-bond donors (Lipinski definition) is 1. The zero-order valence-electron chi connectivity index (χ0n) is 15.8. The molecule has 1 aromatic carbocycles. The predicted octanol–water partition coefficient (Wildman–Crippen LogP) is 2.29. The van der Waals surface area contributed by atoms with Crippen LogP contribution in [0.4, 0.5) is 5.69 Å². The van der Waals surface area contributed by atoms with Gasteiger partial charge < -0.3 is 10.1 Å². The first-order valence-corrected chi connectivity index (χ1v) is 10.2. The van der Waals surface area contributed by atoms with E-state index in [0.717, 1.165) is 18.2 Å². The summed E-state index contributed by atoms with van der Waals surface area (Å²) < 4.78 is 30.4. The molecule has 0 unspecified atom stereocenters. The van der Waals surface area contributed by atoms with Crippen LogP contribution in [0.1, 0.15) is 39.2 Å². The molecule has 0 fully saturated rings. The Hall–Kier alpha value is -1.60. The third-order valence-electron chi connectivity index (χ3n) is 3.81. The van der Waals surface area contributed by atoms with E-state index >= 15 is 0 Å². The maximum Gasteiger partial charge on any atom is 0.232 e. The Bertz CT molecular complexity index is 649. The van der Waals surface area contributed by atoms with Gasteiger partial charge in [-0.1, -0.05) is 32.9 Å². The predicted molar refractivity (Wildman–Crippen MR) is 101 cm³/mol. The Morgan fingerprint density at radius 3 is 2.28 bits per heavy atom. The highest BCUT2D eigenvalue weighted by molar-refractivity contribution is 7.92. The normalized spacial score (nSPS) is 12.0. The molecule has 0 aliphatic heterocycles. The van der Waals surface area contributed by atoms with Gasteiger partial charge in [-0.25, -0.2) is 8.42 Å². The molecule has 0 heterocycles. The van der Waals surface area contributed by atoms with Crippen molar-refractivity contribution in [1.82, 2.24) is 5.32 Å². The Balaban J connectivity index is 2.74. The zero-order chi connectivity index (χ0) is 19.1. The molecule has 0 saturated carbocycles. The highest BCUT2D eigenvalue weighted by atomic mass is 32.2. The Kier molecular flexibility index (Phi) is 7.89. The molecule has 0 aliphatic rings. The van der Waals surface area contributed by atoms with Gasteiger partial charge in [-0.3, -0.25) is 9.10 Å². The van der Waals surface area contributed by atoms with E-state index in [2.05, 4.69) is 26.1 Å². The molecule has 6 nitrogen and oxygen atoms in total. The summed E-state index contributed by atoms with van der Waals surface area (Å²) in [4.78, 5) is 11.9. The lowest BCUT2D eigenvalue weighted by Gasteiger charge is -2.24. The number of nitrogens with one attached hydrogen (secondary N) is 1. The van der Waals surface area contributed by atoms with Crippen LogP contribution in [0.2, 0.25) is 0 Å². The molecule has 1 N–H and O–H groups in total. The van der Waals surface area contributed by atoms with Gasteiger partial charge in [0.05, 0.1) is 11.9 Å². The van der Waals surface area contributed by atoms with Crippen molar-refractivity contribution < 1.29 is 17.9 Å². The molecule has 1 aromatic rings. The Labute approximate surface area is 151 Å². The van der Waals surface area contributed by atoms with Crippen LogP contribution in [0.25, 0.3) is 0 Å². The second-order valence-corrected chi connectivity index (χ2v) is 8.99. The van der Waals surface area contributed by atoms with Gasteiger partial charge in [-0.15, -0.1) is 0 Å². The average molecular weight is 371 g/mol. The van der Waals surface area contributed by atoms with Crippen LogP contribution in [-0.4, -0.2) is 47.4 Å². The van der Waals surface area contributed by atoms with E-state index in [1.165, 1.54) is 4.31 Å². The van der Waals surface area contributed by atoms with E-state index in [1.54, 1.807) is 19.2 Å². The second kappa shape index (κ2) is 9.20. The maximum atomic E-state index is 12.1. The molecule has 7 heteroatoms. The largest absolute Gasteiger partial charge is 0.385 e. The van der Waals surface area contributed by atoms with Gasteiger partial charge in [-0.05, 0) is 29.5 Å². The summed E-state index contributed by atoms with van der Waals surface area (Å²) in [6, 6.07) is 7.44. The number of rotatable bonds is 9. The number of anilines is 1. The van der Waals surface area contributed by atoms with Crippen molar-refractivity contribution in [1.29, 1.82) is 0 Å². The van der Waals surface area contributed by atoms with E-state index in [4.69, 9.17) is 4.74 Å². The van der Waals surface area contributed by atoms with E-state index < -0.39 is 10.0 Å². The summed E-state index contributed by atoms with van der Waals surface area (Å²) >= 11 is 0. The number of methoxy groups -OCH3 is 1. The van der Waals surface area contributed by atoms with Gasteiger partial charge in [-0.2, -0.15) is 0 Å². The molecule has 142 valence electrons. The monoisotopic (exact) mass is 370 g/mol. The third kappa shape index (κ3) is 7.44. The van der Waals surface area contributed by atoms with Gasteiger partial charge >= 0.3 is 0 Å². The van der Waals surface area contributed by atoms with Gasteiger partial charge in [0.15, 0.2) is 0 Å². The van der Waals surface area contributed by atoms with Crippen LogP contribution >= 0.6 is 0 Å². The highest BCUT2D eigenvalue weighted by Gasteiger charge is 2.20. The number of hydrogen-bond acceptors (Lipinski definition) is 4. The Morgan fingerprint density at radius 2 is 1.80 bits per heavy atom. The number of amides is 1. The number of carbonyl (C=O) groups excluding carboxylic acids is 1. The summed E-state index contributed by atoms with van der Waals surface area (Å²) in [5.41, 5.74) is 1.69. The molecule has 0 aromatic heterocycles.